The van der Waals surface area contributed by atoms with Crippen molar-refractivity contribution in [3.05, 3.63) is 0 Å². The molecule has 5 aliphatic rings. The molecule has 5 rings (SSSR count). The van der Waals surface area contributed by atoms with Crippen molar-refractivity contribution < 1.29 is 32.2 Å². The van der Waals surface area contributed by atoms with E-state index in [2.05, 4.69) is 38.2 Å². The lowest BCUT2D eigenvalue weighted by Crippen LogP contribution is -2.60. The molecule has 0 radical (unpaired) electrons. The molecule has 0 aliphatic carbocycles. The van der Waals surface area contributed by atoms with Gasteiger partial charge in [0.2, 0.25) is 11.8 Å². The van der Waals surface area contributed by atoms with Crippen LogP contribution in [-0.4, -0.2) is 109 Å². The van der Waals surface area contributed by atoms with Gasteiger partial charge in [-0.05, 0) is 50.9 Å². The van der Waals surface area contributed by atoms with Crippen molar-refractivity contribution in [2.24, 2.45) is 23.7 Å². The second kappa shape index (κ2) is 13.2. The Hall–Kier alpha value is -0.870. The highest BCUT2D eigenvalue weighted by Crippen LogP contribution is 2.39. The van der Waals surface area contributed by atoms with Gasteiger partial charge in [-0.3, -0.25) is 25.0 Å². The molecule has 13 unspecified atom stereocenters. The van der Waals surface area contributed by atoms with Crippen LogP contribution in [0.5, 0.6) is 0 Å². The fourth-order valence-electron chi connectivity index (χ4n) is 7.54. The predicted octanol–water partition coefficient (Wildman–Crippen LogP) is 1.40. The summed E-state index contributed by atoms with van der Waals surface area (Å²) in [5.74, 6) is -0.298. The summed E-state index contributed by atoms with van der Waals surface area (Å²) in [6.07, 6.45) is -3.98. The number of hydrogen-bond donors (Lipinski definition) is 5. The third-order valence-corrected chi connectivity index (χ3v) is 11.5. The molecular formula is C27H44ClF3N6O4S. The minimum Gasteiger partial charge on any atom is -0.380 e. The average molecular weight is 641 g/mol. The minimum atomic E-state index is -4.71. The van der Waals surface area contributed by atoms with Crippen LogP contribution in [0.2, 0.25) is 0 Å². The first-order valence-corrected chi connectivity index (χ1v) is 16.4. The summed E-state index contributed by atoms with van der Waals surface area (Å²) in [6, 6.07) is -0.855. The zero-order valence-corrected chi connectivity index (χ0v) is 26.0. The normalized spacial score (nSPS) is 44.6. The van der Waals surface area contributed by atoms with Gasteiger partial charge in [-0.15, -0.1) is 36.5 Å². The fourth-order valence-corrected chi connectivity index (χ4v) is 9.24. The van der Waals surface area contributed by atoms with E-state index in [1.807, 2.05) is 0 Å². The van der Waals surface area contributed by atoms with Gasteiger partial charge in [-0.2, -0.15) is 0 Å². The smallest absolute Gasteiger partial charge is 0.380 e. The van der Waals surface area contributed by atoms with Gasteiger partial charge in [-0.25, -0.2) is 0 Å². The van der Waals surface area contributed by atoms with Crippen molar-refractivity contribution in [3.63, 3.8) is 0 Å². The Balaban J connectivity index is 1.14. The second-order valence-corrected chi connectivity index (χ2v) is 14.6. The number of piperidine rings is 3. The number of rotatable bonds is 6. The van der Waals surface area contributed by atoms with E-state index in [1.54, 1.807) is 37.6 Å². The van der Waals surface area contributed by atoms with Crippen molar-refractivity contribution in [2.75, 3.05) is 33.3 Å². The van der Waals surface area contributed by atoms with E-state index < -0.39 is 24.6 Å². The third kappa shape index (κ3) is 7.32. The van der Waals surface area contributed by atoms with E-state index in [-0.39, 0.29) is 70.3 Å². The van der Waals surface area contributed by atoms with E-state index in [0.717, 1.165) is 12.8 Å². The molecule has 0 bridgehead atoms. The molecule has 5 aliphatic heterocycles. The van der Waals surface area contributed by atoms with Crippen molar-refractivity contribution in [2.45, 2.75) is 99.0 Å². The van der Waals surface area contributed by atoms with Gasteiger partial charge in [-0.1, -0.05) is 6.92 Å². The molecule has 240 valence electrons. The van der Waals surface area contributed by atoms with E-state index in [0.29, 0.717) is 32.2 Å². The topological polar surface area (TPSA) is 116 Å². The van der Waals surface area contributed by atoms with Crippen LogP contribution in [0.25, 0.3) is 0 Å². The van der Waals surface area contributed by atoms with Gasteiger partial charge in [0, 0.05) is 56.7 Å². The lowest BCUT2D eigenvalue weighted by atomic mass is 9.70. The van der Waals surface area contributed by atoms with Crippen molar-refractivity contribution >= 4 is 35.2 Å². The molecule has 15 heteroatoms. The SMILES string of the molecule is COC1CNC(Cl)CC1C1CC(C)NCC1C(=O)NC1NC2CN(C(=O)C3NC(C)C(OC(F)(F)F)CC3C)CC2S1. The van der Waals surface area contributed by atoms with Crippen LogP contribution in [0.3, 0.4) is 0 Å². The lowest BCUT2D eigenvalue weighted by Gasteiger charge is -2.45. The molecule has 0 saturated carbocycles. The number of hydrogen-bond acceptors (Lipinski definition) is 9. The number of methoxy groups -OCH3 is 1. The second-order valence-electron chi connectivity index (χ2n) is 12.7. The zero-order valence-electron chi connectivity index (χ0n) is 24.5. The standard InChI is InChI=1S/C27H44ClF3N6O4S/c1-12-5-19(41-27(29,30)31)14(3)34-23(12)25(39)37-10-18-21(11-37)42-26(35-18)36-24(38)17-8-32-13(2)6-15(17)16-7-22(28)33-9-20(16)40-4/h12-23,26,32-35H,5-11H2,1-4H3,(H,36,38). The fraction of sp³-hybridized carbons (Fsp3) is 0.926. The van der Waals surface area contributed by atoms with Crippen molar-refractivity contribution in [1.29, 1.82) is 0 Å². The van der Waals surface area contributed by atoms with Crippen LogP contribution in [0.15, 0.2) is 0 Å². The molecule has 5 fully saturated rings. The first-order valence-electron chi connectivity index (χ1n) is 15.0. The van der Waals surface area contributed by atoms with E-state index in [4.69, 9.17) is 16.3 Å². The number of alkyl halides is 4. The van der Waals surface area contributed by atoms with Crippen LogP contribution in [-0.2, 0) is 19.1 Å². The summed E-state index contributed by atoms with van der Waals surface area (Å²) >= 11 is 8.08. The molecule has 10 nitrogen and oxygen atoms in total. The Morgan fingerprint density at radius 3 is 2.45 bits per heavy atom. The van der Waals surface area contributed by atoms with Gasteiger partial charge in [0.15, 0.2) is 0 Å². The summed E-state index contributed by atoms with van der Waals surface area (Å²) in [7, 11) is 1.71. The van der Waals surface area contributed by atoms with E-state index in [9.17, 15) is 22.8 Å². The zero-order chi connectivity index (χ0) is 30.3. The molecule has 2 amide bonds. The number of thioether (sulfide) groups is 1. The maximum atomic E-state index is 13.6. The average Bonchev–Trinajstić information content (AvgIpc) is 3.48. The number of fused-ring (bicyclic) bond motifs is 1. The predicted molar refractivity (Wildman–Crippen MR) is 154 cm³/mol. The molecule has 13 atom stereocenters. The first kappa shape index (κ1) is 32.5. The van der Waals surface area contributed by atoms with E-state index >= 15 is 0 Å². The molecule has 5 heterocycles. The summed E-state index contributed by atoms with van der Waals surface area (Å²) < 4.78 is 48.4. The lowest BCUT2D eigenvalue weighted by molar-refractivity contribution is -0.348. The highest BCUT2D eigenvalue weighted by atomic mass is 35.5. The van der Waals surface area contributed by atoms with Crippen molar-refractivity contribution in [1.82, 2.24) is 31.5 Å². The maximum Gasteiger partial charge on any atom is 0.522 e. The molecular weight excluding hydrogens is 597 g/mol. The number of nitrogens with one attached hydrogen (secondary N) is 5. The number of ether oxygens (including phenoxy) is 2. The Morgan fingerprint density at radius 2 is 1.76 bits per heavy atom. The number of amides is 2. The molecule has 0 aromatic carbocycles. The first-order chi connectivity index (χ1) is 19.8. The highest BCUT2D eigenvalue weighted by molar-refractivity contribution is 8.00. The monoisotopic (exact) mass is 640 g/mol. The van der Waals surface area contributed by atoms with Crippen LogP contribution < -0.4 is 26.6 Å². The molecule has 42 heavy (non-hydrogen) atoms. The summed E-state index contributed by atoms with van der Waals surface area (Å²) in [5, 5.41) is 16.6. The molecule has 0 aromatic rings. The van der Waals surface area contributed by atoms with Crippen LogP contribution in [0, 0.1) is 23.7 Å². The van der Waals surface area contributed by atoms with Crippen LogP contribution >= 0.6 is 23.4 Å². The summed E-state index contributed by atoms with van der Waals surface area (Å²) in [4.78, 5) is 28.8. The van der Waals surface area contributed by atoms with Gasteiger partial charge < -0.3 is 25.6 Å². The number of halogens is 4. The Kier molecular flexibility index (Phi) is 10.3. The molecule has 5 saturated heterocycles. The Labute approximate surface area is 254 Å². The summed E-state index contributed by atoms with van der Waals surface area (Å²) in [6.45, 7) is 7.80. The summed E-state index contributed by atoms with van der Waals surface area (Å²) in [5.41, 5.74) is -0.402. The Bertz CT molecular complexity index is 973. The van der Waals surface area contributed by atoms with Gasteiger partial charge in [0.05, 0.1) is 29.7 Å². The molecule has 0 spiro atoms. The van der Waals surface area contributed by atoms with Crippen LogP contribution in [0.4, 0.5) is 13.2 Å². The van der Waals surface area contributed by atoms with E-state index in [1.165, 1.54) is 0 Å². The maximum absolute atomic E-state index is 13.6. The highest BCUT2D eigenvalue weighted by Gasteiger charge is 2.49. The van der Waals surface area contributed by atoms with Crippen LogP contribution in [0.1, 0.15) is 40.0 Å². The third-order valence-electron chi connectivity index (χ3n) is 9.77. The minimum absolute atomic E-state index is 0.000123. The number of likely N-dealkylation sites (tertiary alicyclic amines) is 1. The van der Waals surface area contributed by atoms with Crippen molar-refractivity contribution in [3.8, 4) is 0 Å². The quantitative estimate of drug-likeness (QED) is 0.217. The largest absolute Gasteiger partial charge is 0.522 e. The number of nitrogens with zero attached hydrogens (tertiary/aromatic N) is 1. The number of carbonyl (C=O) groups excluding carboxylic acids is 2. The van der Waals surface area contributed by atoms with Gasteiger partial charge in [0.1, 0.15) is 5.50 Å². The molecule has 0 aromatic heterocycles. The molecule has 5 N–H and O–H groups in total. The van der Waals surface area contributed by atoms with Gasteiger partial charge >= 0.3 is 6.36 Å². The number of carbonyl (C=O) groups is 2. The van der Waals surface area contributed by atoms with Gasteiger partial charge in [0.25, 0.3) is 0 Å². The Morgan fingerprint density at radius 1 is 1.00 bits per heavy atom.